The van der Waals surface area contributed by atoms with Crippen LogP contribution in [-0.2, 0) is 14.3 Å². The zero-order valence-corrected chi connectivity index (χ0v) is 60.0. The predicted molar refractivity (Wildman–Crippen MR) is 389 cm³/mol. The van der Waals surface area contributed by atoms with Crippen molar-refractivity contribution in [3.05, 3.63) is 24.3 Å². The van der Waals surface area contributed by atoms with Crippen LogP contribution >= 0.6 is 0 Å². The van der Waals surface area contributed by atoms with Gasteiger partial charge < -0.3 is 20.3 Å². The van der Waals surface area contributed by atoms with E-state index < -0.39 is 12.1 Å². The van der Waals surface area contributed by atoms with E-state index in [9.17, 15) is 19.8 Å². The number of carbonyl (C=O) groups is 2. The van der Waals surface area contributed by atoms with Gasteiger partial charge in [-0.15, -0.1) is 0 Å². The fourth-order valence-electron chi connectivity index (χ4n) is 13.0. The highest BCUT2D eigenvalue weighted by Crippen LogP contribution is 2.20. The Morgan fingerprint density at radius 1 is 0.307 bits per heavy atom. The van der Waals surface area contributed by atoms with E-state index in [-0.39, 0.29) is 18.5 Å². The quantitative estimate of drug-likeness (QED) is 0.0320. The number of unbranched alkanes of at least 4 members (excludes halogenated alkanes) is 62. The zero-order valence-electron chi connectivity index (χ0n) is 60.0. The number of ether oxygens (including phenoxy) is 1. The Balaban J connectivity index is 3.35. The number of amides is 1. The fraction of sp³-hybridized carbons (Fsp3) is 0.927. The molecular weight excluding hydrogens is 1080 g/mol. The Morgan fingerprint density at radius 3 is 0.807 bits per heavy atom. The molecule has 0 bridgehead atoms. The third kappa shape index (κ3) is 73.4. The van der Waals surface area contributed by atoms with Crippen molar-refractivity contribution in [1.82, 2.24) is 5.32 Å². The molecule has 0 radical (unpaired) electrons. The van der Waals surface area contributed by atoms with E-state index in [0.717, 1.165) is 38.5 Å². The molecule has 0 heterocycles. The van der Waals surface area contributed by atoms with Gasteiger partial charge in [0.05, 0.1) is 25.4 Å². The van der Waals surface area contributed by atoms with Gasteiger partial charge in [0.15, 0.2) is 0 Å². The van der Waals surface area contributed by atoms with Crippen LogP contribution in [0.3, 0.4) is 0 Å². The zero-order chi connectivity index (χ0) is 63.5. The van der Waals surface area contributed by atoms with E-state index in [1.165, 1.54) is 392 Å². The van der Waals surface area contributed by atoms with Gasteiger partial charge in [0.25, 0.3) is 0 Å². The minimum absolute atomic E-state index is 0.0185. The van der Waals surface area contributed by atoms with Gasteiger partial charge in [-0.25, -0.2) is 0 Å². The molecule has 6 nitrogen and oxygen atoms in total. The lowest BCUT2D eigenvalue weighted by atomic mass is 10.0. The van der Waals surface area contributed by atoms with Crippen molar-refractivity contribution in [1.29, 1.82) is 0 Å². The highest BCUT2D eigenvalue weighted by molar-refractivity contribution is 5.76. The Bertz CT molecular complexity index is 1380. The standard InChI is InChI=1S/C82H159NO5/c1-3-5-7-9-11-13-15-17-19-21-23-35-39-42-46-50-54-58-62-66-70-74-80(85)79(78-84)83-81(86)75-71-67-63-59-55-51-47-43-40-36-33-31-29-27-25-24-26-28-30-32-34-37-41-45-49-53-57-61-65-69-73-77-88-82(87)76-72-68-64-60-56-52-48-44-38-22-20-18-16-14-12-10-8-6-4-2/h18,20,26,28,79-80,84-85H,3-17,19,21-25,27,29-78H2,1-2H3,(H,83,86)/b20-18-,28-26-. The number of aliphatic hydroxyl groups is 2. The molecule has 88 heavy (non-hydrogen) atoms. The minimum atomic E-state index is -0.664. The SMILES string of the molecule is CCCCCCCC/C=C\CCCCCCCCCCCC(=O)OCCCCCCCCCCCCCC/C=C\CCCCCCCCCCCCCCCCCC(=O)NC(CO)C(O)CCCCCCCCCCCCCCCCCCCCCCC. The van der Waals surface area contributed by atoms with E-state index in [0.29, 0.717) is 25.9 Å². The summed E-state index contributed by atoms with van der Waals surface area (Å²) in [6.07, 6.45) is 99.9. The number of allylic oxidation sites excluding steroid dienone is 4. The van der Waals surface area contributed by atoms with E-state index in [1.54, 1.807) is 0 Å². The molecule has 0 fully saturated rings. The first-order chi connectivity index (χ1) is 43.5. The van der Waals surface area contributed by atoms with Crippen molar-refractivity contribution in [2.45, 2.75) is 475 Å². The first-order valence-corrected chi connectivity index (χ1v) is 40.6. The summed E-state index contributed by atoms with van der Waals surface area (Å²) in [5.41, 5.74) is 0. The smallest absolute Gasteiger partial charge is 0.305 e. The van der Waals surface area contributed by atoms with Crippen LogP contribution in [0.1, 0.15) is 463 Å². The summed E-state index contributed by atoms with van der Waals surface area (Å²) in [7, 11) is 0. The number of nitrogens with one attached hydrogen (secondary N) is 1. The molecule has 6 heteroatoms. The third-order valence-electron chi connectivity index (χ3n) is 19.2. The first-order valence-electron chi connectivity index (χ1n) is 40.6. The monoisotopic (exact) mass is 1240 g/mol. The van der Waals surface area contributed by atoms with Crippen LogP contribution in [0.5, 0.6) is 0 Å². The molecule has 0 aromatic heterocycles. The van der Waals surface area contributed by atoms with Gasteiger partial charge in [-0.3, -0.25) is 9.59 Å². The molecule has 0 saturated heterocycles. The number of hydrogen-bond donors (Lipinski definition) is 3. The van der Waals surface area contributed by atoms with E-state index in [1.807, 2.05) is 0 Å². The summed E-state index contributed by atoms with van der Waals surface area (Å²) >= 11 is 0. The van der Waals surface area contributed by atoms with Gasteiger partial charge in [-0.2, -0.15) is 0 Å². The molecular formula is C82H159NO5. The Kier molecular flexibility index (Phi) is 76.3. The Hall–Kier alpha value is -1.66. The molecule has 0 aliphatic rings. The maximum absolute atomic E-state index is 12.6. The molecule has 0 spiro atoms. The first kappa shape index (κ1) is 86.3. The second kappa shape index (κ2) is 77.8. The lowest BCUT2D eigenvalue weighted by Gasteiger charge is -2.22. The lowest BCUT2D eigenvalue weighted by Crippen LogP contribution is -2.45. The molecule has 0 aliphatic carbocycles. The summed E-state index contributed by atoms with van der Waals surface area (Å²) < 4.78 is 5.52. The summed E-state index contributed by atoms with van der Waals surface area (Å²) in [4.78, 5) is 24.7. The van der Waals surface area contributed by atoms with E-state index in [4.69, 9.17) is 4.74 Å². The summed E-state index contributed by atoms with van der Waals surface area (Å²) in [6, 6.07) is -0.541. The topological polar surface area (TPSA) is 95.9 Å². The second-order valence-electron chi connectivity index (χ2n) is 28.1. The largest absolute Gasteiger partial charge is 0.466 e. The van der Waals surface area contributed by atoms with Crippen LogP contribution in [0, 0.1) is 0 Å². The van der Waals surface area contributed by atoms with Crippen molar-refractivity contribution in [2.24, 2.45) is 0 Å². The molecule has 0 aromatic carbocycles. The molecule has 2 unspecified atom stereocenters. The number of aliphatic hydroxyl groups excluding tert-OH is 2. The normalized spacial score (nSPS) is 12.5. The number of esters is 1. The molecule has 0 aromatic rings. The van der Waals surface area contributed by atoms with Crippen LogP contribution in [0.4, 0.5) is 0 Å². The van der Waals surface area contributed by atoms with Crippen molar-refractivity contribution >= 4 is 11.9 Å². The van der Waals surface area contributed by atoms with Gasteiger partial charge >= 0.3 is 5.97 Å². The summed E-state index contributed by atoms with van der Waals surface area (Å²) in [5, 5.41) is 23.5. The third-order valence-corrected chi connectivity index (χ3v) is 19.2. The minimum Gasteiger partial charge on any atom is -0.466 e. The molecule has 0 rings (SSSR count). The van der Waals surface area contributed by atoms with Crippen LogP contribution < -0.4 is 5.32 Å². The molecule has 0 aliphatic heterocycles. The summed E-state index contributed by atoms with van der Waals surface area (Å²) in [5.74, 6) is -0.00906. The maximum atomic E-state index is 12.6. The van der Waals surface area contributed by atoms with Crippen LogP contribution in [-0.4, -0.2) is 47.4 Å². The van der Waals surface area contributed by atoms with Gasteiger partial charge in [0.2, 0.25) is 5.91 Å². The van der Waals surface area contributed by atoms with Gasteiger partial charge in [0.1, 0.15) is 0 Å². The maximum Gasteiger partial charge on any atom is 0.305 e. The molecule has 0 saturated carbocycles. The van der Waals surface area contributed by atoms with Crippen molar-refractivity contribution in [2.75, 3.05) is 13.2 Å². The molecule has 3 N–H and O–H groups in total. The van der Waals surface area contributed by atoms with Gasteiger partial charge in [-0.05, 0) is 77.0 Å². The predicted octanol–water partition coefficient (Wildman–Crippen LogP) is 26.8. The van der Waals surface area contributed by atoms with Crippen molar-refractivity contribution < 1.29 is 24.5 Å². The fourth-order valence-corrected chi connectivity index (χ4v) is 13.0. The number of hydrogen-bond acceptors (Lipinski definition) is 5. The number of carbonyl (C=O) groups excluding carboxylic acids is 2. The van der Waals surface area contributed by atoms with Crippen LogP contribution in [0.2, 0.25) is 0 Å². The van der Waals surface area contributed by atoms with Crippen LogP contribution in [0.15, 0.2) is 24.3 Å². The van der Waals surface area contributed by atoms with Gasteiger partial charge in [-0.1, -0.05) is 398 Å². The lowest BCUT2D eigenvalue weighted by molar-refractivity contribution is -0.143. The average molecular weight is 1240 g/mol. The van der Waals surface area contributed by atoms with E-state index in [2.05, 4.69) is 43.5 Å². The van der Waals surface area contributed by atoms with E-state index >= 15 is 0 Å². The molecule has 522 valence electrons. The second-order valence-corrected chi connectivity index (χ2v) is 28.1. The summed E-state index contributed by atoms with van der Waals surface area (Å²) in [6.45, 7) is 5.00. The van der Waals surface area contributed by atoms with Crippen molar-refractivity contribution in [3.8, 4) is 0 Å². The highest BCUT2D eigenvalue weighted by Gasteiger charge is 2.20. The Morgan fingerprint density at radius 2 is 0.534 bits per heavy atom. The average Bonchev–Trinajstić information content (AvgIpc) is 3.57. The van der Waals surface area contributed by atoms with Crippen LogP contribution in [0.25, 0.3) is 0 Å². The highest BCUT2D eigenvalue weighted by atomic mass is 16.5. The van der Waals surface area contributed by atoms with Crippen molar-refractivity contribution in [3.63, 3.8) is 0 Å². The Labute approximate surface area is 551 Å². The number of rotatable bonds is 77. The molecule has 1 amide bonds. The molecule has 2 atom stereocenters. The van der Waals surface area contributed by atoms with Gasteiger partial charge in [0, 0.05) is 12.8 Å².